The van der Waals surface area contributed by atoms with Crippen molar-refractivity contribution in [1.29, 1.82) is 0 Å². The zero-order valence-electron chi connectivity index (χ0n) is 7.88. The Balaban J connectivity index is 2.82. The zero-order chi connectivity index (χ0) is 10.8. The second kappa shape index (κ2) is 3.49. The number of rotatable bonds is 2. The van der Waals surface area contributed by atoms with Gasteiger partial charge in [-0.15, -0.1) is 5.10 Å². The van der Waals surface area contributed by atoms with E-state index in [1.54, 1.807) is 12.1 Å². The number of ether oxygens (including phenoxy) is 1. The lowest BCUT2D eigenvalue weighted by molar-refractivity contribution is -0.383. The summed E-state index contributed by atoms with van der Waals surface area (Å²) in [5.41, 5.74) is 0.167. The average Bonchev–Trinajstić information content (AvgIpc) is 2.27. The molecule has 2 aromatic rings. The second-order valence-corrected chi connectivity index (χ2v) is 2.84. The zero-order valence-corrected chi connectivity index (χ0v) is 7.88. The predicted octanol–water partition coefficient (Wildman–Crippen LogP) is 1.55. The fourth-order valence-corrected chi connectivity index (χ4v) is 1.35. The maximum atomic E-state index is 10.7. The molecule has 2 rings (SSSR count). The van der Waals surface area contributed by atoms with E-state index in [2.05, 4.69) is 10.2 Å². The van der Waals surface area contributed by atoms with Crippen LogP contribution in [0.1, 0.15) is 0 Å². The van der Waals surface area contributed by atoms with E-state index in [9.17, 15) is 10.1 Å². The molecule has 0 saturated carbocycles. The largest absolute Gasteiger partial charge is 0.494 e. The van der Waals surface area contributed by atoms with Gasteiger partial charge in [-0.2, -0.15) is 5.10 Å². The van der Waals surface area contributed by atoms with Gasteiger partial charge in [-0.25, -0.2) is 0 Å². The summed E-state index contributed by atoms with van der Waals surface area (Å²) in [6.07, 6.45) is 1.42. The first-order chi connectivity index (χ1) is 7.24. The van der Waals surface area contributed by atoms with Crippen LogP contribution in [0.5, 0.6) is 5.75 Å². The van der Waals surface area contributed by atoms with Crippen LogP contribution in [0.4, 0.5) is 5.69 Å². The van der Waals surface area contributed by atoms with E-state index in [4.69, 9.17) is 4.74 Å². The van der Waals surface area contributed by atoms with Crippen LogP contribution in [0.2, 0.25) is 0 Å². The highest BCUT2D eigenvalue weighted by Gasteiger charge is 2.15. The minimum Gasteiger partial charge on any atom is -0.494 e. The number of non-ortho nitro benzene ring substituents is 1. The molecule has 0 bridgehead atoms. The number of nitro groups is 1. The fraction of sp³-hybridized carbons (Fsp3) is 0.111. The standard InChI is InChI=1S/C9H7N3O3/c1-15-8-5-10-11-9-6(8)3-2-4-7(9)12(13)14/h2-5H,1H3. The van der Waals surface area contributed by atoms with Gasteiger partial charge in [-0.05, 0) is 6.07 Å². The van der Waals surface area contributed by atoms with Gasteiger partial charge in [0.25, 0.3) is 5.69 Å². The van der Waals surface area contributed by atoms with Crippen LogP contribution in [0.25, 0.3) is 10.9 Å². The number of nitro benzene ring substituents is 1. The number of aromatic nitrogens is 2. The van der Waals surface area contributed by atoms with E-state index >= 15 is 0 Å². The molecular formula is C9H7N3O3. The molecule has 0 atom stereocenters. The van der Waals surface area contributed by atoms with Crippen LogP contribution in [-0.2, 0) is 0 Å². The Morgan fingerprint density at radius 1 is 1.47 bits per heavy atom. The van der Waals surface area contributed by atoms with Crippen molar-refractivity contribution in [3.05, 3.63) is 34.5 Å². The molecule has 1 aromatic carbocycles. The lowest BCUT2D eigenvalue weighted by atomic mass is 10.2. The number of benzene rings is 1. The Morgan fingerprint density at radius 2 is 2.27 bits per heavy atom. The lowest BCUT2D eigenvalue weighted by Crippen LogP contribution is -1.95. The molecule has 0 N–H and O–H groups in total. The van der Waals surface area contributed by atoms with E-state index in [-0.39, 0.29) is 11.2 Å². The molecule has 1 heterocycles. The normalized spacial score (nSPS) is 10.2. The number of hydrogen-bond acceptors (Lipinski definition) is 5. The number of nitrogens with zero attached hydrogens (tertiary/aromatic N) is 3. The smallest absolute Gasteiger partial charge is 0.297 e. The number of fused-ring (bicyclic) bond motifs is 1. The monoisotopic (exact) mass is 205 g/mol. The number of methoxy groups -OCH3 is 1. The molecule has 0 aliphatic rings. The molecule has 15 heavy (non-hydrogen) atoms. The van der Waals surface area contributed by atoms with Crippen LogP contribution in [0.15, 0.2) is 24.4 Å². The van der Waals surface area contributed by atoms with Gasteiger partial charge >= 0.3 is 0 Å². The Labute approximate surface area is 84.7 Å². The third-order valence-electron chi connectivity index (χ3n) is 2.03. The van der Waals surface area contributed by atoms with Crippen molar-refractivity contribution in [2.24, 2.45) is 0 Å². The van der Waals surface area contributed by atoms with Crippen molar-refractivity contribution in [3.63, 3.8) is 0 Å². The molecule has 0 radical (unpaired) electrons. The maximum absolute atomic E-state index is 10.7. The summed E-state index contributed by atoms with van der Waals surface area (Å²) in [6.45, 7) is 0. The predicted molar refractivity (Wildman–Crippen MR) is 52.7 cm³/mol. The molecule has 0 fully saturated rings. The highest BCUT2D eigenvalue weighted by molar-refractivity contribution is 5.90. The van der Waals surface area contributed by atoms with Crippen molar-refractivity contribution in [2.45, 2.75) is 0 Å². The molecule has 6 nitrogen and oxygen atoms in total. The van der Waals surface area contributed by atoms with Crippen LogP contribution in [0, 0.1) is 10.1 Å². The highest BCUT2D eigenvalue weighted by atomic mass is 16.6. The van der Waals surface area contributed by atoms with E-state index in [1.165, 1.54) is 19.4 Å². The Morgan fingerprint density at radius 3 is 2.93 bits per heavy atom. The van der Waals surface area contributed by atoms with Crippen LogP contribution < -0.4 is 4.74 Å². The van der Waals surface area contributed by atoms with Crippen molar-refractivity contribution in [3.8, 4) is 5.75 Å². The fourth-order valence-electron chi connectivity index (χ4n) is 1.35. The van der Waals surface area contributed by atoms with Gasteiger partial charge in [0.1, 0.15) is 5.75 Å². The van der Waals surface area contributed by atoms with Gasteiger partial charge in [-0.3, -0.25) is 10.1 Å². The van der Waals surface area contributed by atoms with Crippen molar-refractivity contribution in [1.82, 2.24) is 10.2 Å². The maximum Gasteiger partial charge on any atom is 0.297 e. The van der Waals surface area contributed by atoms with Gasteiger partial charge in [0.05, 0.1) is 23.6 Å². The molecule has 6 heteroatoms. The van der Waals surface area contributed by atoms with E-state index in [1.807, 2.05) is 0 Å². The first-order valence-electron chi connectivity index (χ1n) is 4.17. The summed E-state index contributed by atoms with van der Waals surface area (Å²) in [5.74, 6) is 0.476. The van der Waals surface area contributed by atoms with Gasteiger partial charge in [-0.1, -0.05) is 6.07 Å². The Hall–Kier alpha value is -2.24. The topological polar surface area (TPSA) is 78.2 Å². The minimum absolute atomic E-state index is 0.0705. The molecular weight excluding hydrogens is 198 g/mol. The average molecular weight is 205 g/mol. The van der Waals surface area contributed by atoms with Crippen LogP contribution in [-0.4, -0.2) is 22.2 Å². The third kappa shape index (κ3) is 1.45. The van der Waals surface area contributed by atoms with E-state index < -0.39 is 4.92 Å². The third-order valence-corrected chi connectivity index (χ3v) is 2.03. The van der Waals surface area contributed by atoms with Gasteiger partial charge < -0.3 is 4.74 Å². The van der Waals surface area contributed by atoms with Crippen molar-refractivity contribution in [2.75, 3.05) is 7.11 Å². The number of hydrogen-bond donors (Lipinski definition) is 0. The minimum atomic E-state index is -0.490. The van der Waals surface area contributed by atoms with Gasteiger partial charge in [0, 0.05) is 6.07 Å². The van der Waals surface area contributed by atoms with Crippen LogP contribution >= 0.6 is 0 Å². The summed E-state index contributed by atoms with van der Waals surface area (Å²) in [4.78, 5) is 10.2. The quantitative estimate of drug-likeness (QED) is 0.549. The van der Waals surface area contributed by atoms with E-state index in [0.29, 0.717) is 11.1 Å². The van der Waals surface area contributed by atoms with Gasteiger partial charge in [0.2, 0.25) is 0 Å². The summed E-state index contributed by atoms with van der Waals surface area (Å²) in [5, 5.41) is 18.7. The summed E-state index contributed by atoms with van der Waals surface area (Å²) in [7, 11) is 1.48. The van der Waals surface area contributed by atoms with Gasteiger partial charge in [0.15, 0.2) is 5.52 Å². The molecule has 0 saturated heterocycles. The molecule has 76 valence electrons. The van der Waals surface area contributed by atoms with E-state index in [0.717, 1.165) is 0 Å². The molecule has 1 aromatic heterocycles. The Bertz CT molecular complexity index is 527. The van der Waals surface area contributed by atoms with Crippen molar-refractivity contribution >= 4 is 16.6 Å². The summed E-state index contributed by atoms with van der Waals surface area (Å²) < 4.78 is 5.04. The molecule has 0 amide bonds. The molecule has 0 aliphatic heterocycles. The highest BCUT2D eigenvalue weighted by Crippen LogP contribution is 2.28. The molecule has 0 unspecified atom stereocenters. The molecule has 0 aliphatic carbocycles. The second-order valence-electron chi connectivity index (χ2n) is 2.84. The SMILES string of the molecule is COc1cnnc2c([N+](=O)[O-])cccc12. The molecule has 0 spiro atoms. The summed E-state index contributed by atoms with van der Waals surface area (Å²) in [6, 6.07) is 4.68. The summed E-state index contributed by atoms with van der Waals surface area (Å²) >= 11 is 0. The first-order valence-corrected chi connectivity index (χ1v) is 4.17. The van der Waals surface area contributed by atoms with Crippen LogP contribution in [0.3, 0.4) is 0 Å². The lowest BCUT2D eigenvalue weighted by Gasteiger charge is -2.02. The Kier molecular flexibility index (Phi) is 2.17. The van der Waals surface area contributed by atoms with Crippen molar-refractivity contribution < 1.29 is 9.66 Å². The first kappa shape index (κ1) is 9.32.